The van der Waals surface area contributed by atoms with E-state index in [9.17, 15) is 14.7 Å². The number of fused-ring (bicyclic) bond motifs is 2. The summed E-state index contributed by atoms with van der Waals surface area (Å²) >= 11 is 0. The molecule has 29 heavy (non-hydrogen) atoms. The molecule has 1 N–H and O–H groups in total. The number of ether oxygens (including phenoxy) is 3. The van der Waals surface area contributed by atoms with Crippen molar-refractivity contribution in [3.8, 4) is 11.5 Å². The number of hydrogen-bond donors (Lipinski definition) is 1. The number of nitrogens with zero attached hydrogens (tertiary/aromatic N) is 1. The van der Waals surface area contributed by atoms with Crippen molar-refractivity contribution in [3.63, 3.8) is 0 Å². The Hall–Kier alpha value is -3.06. The Kier molecular flexibility index (Phi) is 5.15. The molecule has 2 atom stereocenters. The molecule has 0 saturated carbocycles. The summed E-state index contributed by atoms with van der Waals surface area (Å²) < 4.78 is 16.5. The molecule has 1 aliphatic heterocycles. The maximum Gasteiger partial charge on any atom is 0.418 e. The number of aliphatic hydroxyl groups excluding tert-OH is 1. The van der Waals surface area contributed by atoms with Crippen LogP contribution < -0.4 is 9.47 Å². The van der Waals surface area contributed by atoms with Crippen molar-refractivity contribution in [2.24, 2.45) is 0 Å². The van der Waals surface area contributed by atoms with Crippen LogP contribution in [0.25, 0.3) is 0 Å². The van der Waals surface area contributed by atoms with Crippen molar-refractivity contribution in [3.05, 3.63) is 59.7 Å². The number of hydrogen-bond acceptors (Lipinski definition) is 6. The van der Waals surface area contributed by atoms with Crippen LogP contribution in [0.3, 0.4) is 0 Å². The van der Waals surface area contributed by atoms with Crippen molar-refractivity contribution in [2.75, 3.05) is 19.8 Å². The van der Waals surface area contributed by atoms with Crippen molar-refractivity contribution in [2.45, 2.75) is 31.5 Å². The average Bonchev–Trinajstić information content (AvgIpc) is 3.21. The minimum absolute atomic E-state index is 0.0609. The van der Waals surface area contributed by atoms with Crippen molar-refractivity contribution < 1.29 is 28.9 Å². The standard InChI is InChI=1S/C22H23NO6/c1-2-27-17-7-9-18(10-8-17)28-14-16(24)13-23-20(25)22(29-21(23)26)12-11-15-5-3-4-6-19(15)22/h3-10,16,24H,2,11-14H2,1H3/t16-,22-/m0/s1. The van der Waals surface area contributed by atoms with Gasteiger partial charge in [-0.1, -0.05) is 24.3 Å². The van der Waals surface area contributed by atoms with Gasteiger partial charge in [0, 0.05) is 12.0 Å². The molecule has 0 unspecified atom stereocenters. The van der Waals surface area contributed by atoms with E-state index in [-0.39, 0.29) is 13.2 Å². The fourth-order valence-electron chi connectivity index (χ4n) is 3.87. The molecule has 7 nitrogen and oxygen atoms in total. The predicted molar refractivity (Wildman–Crippen MR) is 104 cm³/mol. The predicted octanol–water partition coefficient (Wildman–Crippen LogP) is 2.65. The van der Waals surface area contributed by atoms with Gasteiger partial charge < -0.3 is 19.3 Å². The summed E-state index contributed by atoms with van der Waals surface area (Å²) in [6, 6.07) is 14.5. The molecule has 0 radical (unpaired) electrons. The van der Waals surface area contributed by atoms with Gasteiger partial charge in [0.05, 0.1) is 13.2 Å². The molecule has 1 heterocycles. The van der Waals surface area contributed by atoms with Crippen molar-refractivity contribution >= 4 is 12.0 Å². The van der Waals surface area contributed by atoms with Crippen LogP contribution in [0.5, 0.6) is 11.5 Å². The SMILES string of the molecule is CCOc1ccc(OC[C@@H](O)CN2C(=O)O[C@]3(CCc4ccccc43)C2=O)cc1. The van der Waals surface area contributed by atoms with Gasteiger partial charge in [-0.05, 0) is 43.2 Å². The number of aryl methyl sites for hydroxylation is 1. The van der Waals surface area contributed by atoms with Crippen LogP contribution in [-0.2, 0) is 21.6 Å². The average molecular weight is 397 g/mol. The lowest BCUT2D eigenvalue weighted by molar-refractivity contribution is -0.138. The molecule has 2 aromatic carbocycles. The van der Waals surface area contributed by atoms with Gasteiger partial charge in [0.25, 0.3) is 5.91 Å². The van der Waals surface area contributed by atoms with Crippen LogP contribution in [-0.4, -0.2) is 47.9 Å². The monoisotopic (exact) mass is 397 g/mol. The fraction of sp³-hybridized carbons (Fsp3) is 0.364. The van der Waals surface area contributed by atoms with E-state index in [2.05, 4.69) is 0 Å². The summed E-state index contributed by atoms with van der Waals surface area (Å²) in [5, 5.41) is 10.3. The summed E-state index contributed by atoms with van der Waals surface area (Å²) in [6.07, 6.45) is -0.671. The second-order valence-corrected chi connectivity index (χ2v) is 7.14. The molecule has 1 saturated heterocycles. The first-order valence-corrected chi connectivity index (χ1v) is 9.70. The molecule has 2 aromatic rings. The van der Waals surface area contributed by atoms with E-state index in [1.165, 1.54) is 0 Å². The zero-order valence-electron chi connectivity index (χ0n) is 16.2. The zero-order chi connectivity index (χ0) is 20.4. The third-order valence-electron chi connectivity index (χ3n) is 5.24. The Balaban J connectivity index is 1.38. The van der Waals surface area contributed by atoms with Gasteiger partial charge in [0.1, 0.15) is 24.2 Å². The number of aliphatic hydroxyl groups is 1. The van der Waals surface area contributed by atoms with E-state index < -0.39 is 23.7 Å². The number of amides is 2. The van der Waals surface area contributed by atoms with Crippen molar-refractivity contribution in [1.29, 1.82) is 0 Å². The Labute approximate surface area is 168 Å². The first kappa shape index (κ1) is 19.3. The molecular weight excluding hydrogens is 374 g/mol. The largest absolute Gasteiger partial charge is 0.494 e. The van der Waals surface area contributed by atoms with Crippen LogP contribution in [0, 0.1) is 0 Å². The topological polar surface area (TPSA) is 85.3 Å². The molecule has 0 bridgehead atoms. The fourth-order valence-corrected chi connectivity index (χ4v) is 3.87. The smallest absolute Gasteiger partial charge is 0.418 e. The van der Waals surface area contributed by atoms with E-state index >= 15 is 0 Å². The molecule has 7 heteroatoms. The van der Waals surface area contributed by atoms with E-state index in [0.29, 0.717) is 25.2 Å². The second-order valence-electron chi connectivity index (χ2n) is 7.14. The molecule has 2 aliphatic rings. The number of carbonyl (C=O) groups excluding carboxylic acids is 2. The first-order chi connectivity index (χ1) is 14.0. The van der Waals surface area contributed by atoms with Crippen LogP contribution in [0.15, 0.2) is 48.5 Å². The Morgan fingerprint density at radius 1 is 1.10 bits per heavy atom. The maximum absolute atomic E-state index is 13.0. The minimum Gasteiger partial charge on any atom is -0.494 e. The molecule has 0 aromatic heterocycles. The number of imide groups is 1. The summed E-state index contributed by atoms with van der Waals surface area (Å²) in [5.74, 6) is 0.865. The summed E-state index contributed by atoms with van der Waals surface area (Å²) in [7, 11) is 0. The highest BCUT2D eigenvalue weighted by Crippen LogP contribution is 2.45. The third-order valence-corrected chi connectivity index (χ3v) is 5.24. The van der Waals surface area contributed by atoms with Crippen molar-refractivity contribution in [1.82, 2.24) is 4.90 Å². The lowest BCUT2D eigenvalue weighted by Crippen LogP contribution is -2.42. The van der Waals surface area contributed by atoms with Gasteiger partial charge >= 0.3 is 6.09 Å². The number of β-amino-alcohol motifs (C(OH)–C–C–N with tert-alkyl or cyclic N) is 1. The highest BCUT2D eigenvalue weighted by Gasteiger charge is 2.58. The zero-order valence-corrected chi connectivity index (χ0v) is 16.2. The summed E-state index contributed by atoms with van der Waals surface area (Å²) in [4.78, 5) is 26.4. The lowest BCUT2D eigenvalue weighted by atomic mass is 9.95. The third kappa shape index (κ3) is 3.53. The van der Waals surface area contributed by atoms with Gasteiger partial charge in [-0.3, -0.25) is 4.79 Å². The van der Waals surface area contributed by atoms with Gasteiger partial charge in [0.15, 0.2) is 0 Å². The Morgan fingerprint density at radius 3 is 2.52 bits per heavy atom. The molecule has 1 aliphatic carbocycles. The van der Waals surface area contributed by atoms with Crippen LogP contribution in [0.4, 0.5) is 4.79 Å². The van der Waals surface area contributed by atoms with Gasteiger partial charge in [-0.2, -0.15) is 0 Å². The molecular formula is C22H23NO6. The molecule has 152 valence electrons. The Bertz CT molecular complexity index is 912. The highest BCUT2D eigenvalue weighted by molar-refractivity contribution is 6.04. The molecule has 2 amide bonds. The normalized spacial score (nSPS) is 21.2. The van der Waals surface area contributed by atoms with Gasteiger partial charge in [-0.25, -0.2) is 9.69 Å². The van der Waals surface area contributed by atoms with Crippen LogP contribution in [0.1, 0.15) is 24.5 Å². The van der Waals surface area contributed by atoms with E-state index in [4.69, 9.17) is 14.2 Å². The van der Waals surface area contributed by atoms with E-state index in [1.54, 1.807) is 24.3 Å². The first-order valence-electron chi connectivity index (χ1n) is 9.70. The summed E-state index contributed by atoms with van der Waals surface area (Å²) in [6.45, 7) is 2.23. The van der Waals surface area contributed by atoms with E-state index in [0.717, 1.165) is 21.8 Å². The minimum atomic E-state index is -1.26. The Morgan fingerprint density at radius 2 is 1.79 bits per heavy atom. The number of rotatable bonds is 7. The van der Waals surface area contributed by atoms with Gasteiger partial charge in [-0.15, -0.1) is 0 Å². The molecule has 1 spiro atoms. The van der Waals surface area contributed by atoms with Crippen LogP contribution in [0.2, 0.25) is 0 Å². The maximum atomic E-state index is 13.0. The van der Waals surface area contributed by atoms with Gasteiger partial charge in [0.2, 0.25) is 5.60 Å². The van der Waals surface area contributed by atoms with E-state index in [1.807, 2.05) is 31.2 Å². The molecule has 4 rings (SSSR count). The number of carbonyl (C=O) groups is 2. The highest BCUT2D eigenvalue weighted by atomic mass is 16.6. The quantitative estimate of drug-likeness (QED) is 0.773. The lowest BCUT2D eigenvalue weighted by Gasteiger charge is -2.21. The van der Waals surface area contributed by atoms with Crippen LogP contribution >= 0.6 is 0 Å². The summed E-state index contributed by atoms with van der Waals surface area (Å²) in [5.41, 5.74) is 0.486. The second kappa shape index (κ2) is 7.75. The number of benzene rings is 2. The molecule has 1 fully saturated rings.